The monoisotopic (exact) mass is 282 g/mol. The van der Waals surface area contributed by atoms with Gasteiger partial charge in [0.05, 0.1) is 0 Å². The molecule has 2 aromatic rings. The summed E-state index contributed by atoms with van der Waals surface area (Å²) in [4.78, 5) is 2.36. The summed E-state index contributed by atoms with van der Waals surface area (Å²) in [6, 6.07) is 20.0. The zero-order valence-corrected chi connectivity index (χ0v) is 13.3. The first-order valence-corrected chi connectivity index (χ1v) is 7.68. The molecule has 2 heteroatoms. The lowest BCUT2D eigenvalue weighted by molar-refractivity contribution is 0.266. The van der Waals surface area contributed by atoms with Crippen LogP contribution in [0.4, 0.5) is 0 Å². The van der Waals surface area contributed by atoms with Crippen molar-refractivity contribution in [2.45, 2.75) is 39.5 Å². The predicted molar refractivity (Wildman–Crippen MR) is 90.0 cm³/mol. The molecule has 0 spiro atoms. The lowest BCUT2D eigenvalue weighted by atomic mass is 10.1. The minimum Gasteiger partial charge on any atom is -0.309 e. The first-order chi connectivity index (χ1) is 10.1. The maximum absolute atomic E-state index is 3.51. The number of nitrogens with zero attached hydrogens (tertiary/aromatic N) is 1. The second-order valence-corrected chi connectivity index (χ2v) is 5.92. The summed E-state index contributed by atoms with van der Waals surface area (Å²) in [6.07, 6.45) is 0. The molecule has 0 saturated carbocycles. The predicted octanol–water partition coefficient (Wildman–Crippen LogP) is 3.82. The fourth-order valence-electron chi connectivity index (χ4n) is 2.26. The Hall–Kier alpha value is -1.64. The minimum absolute atomic E-state index is 0.574. The first kappa shape index (κ1) is 15.7. The molecular weight excluding hydrogens is 256 g/mol. The Bertz CT molecular complexity index is 534. The quantitative estimate of drug-likeness (QED) is 0.830. The fourth-order valence-corrected chi connectivity index (χ4v) is 2.26. The Morgan fingerprint density at radius 1 is 0.857 bits per heavy atom. The van der Waals surface area contributed by atoms with Gasteiger partial charge in [-0.2, -0.15) is 0 Å². The van der Waals surface area contributed by atoms with Gasteiger partial charge >= 0.3 is 0 Å². The standard InChI is InChI=1S/C19H26N2/c1-16(2)21(3)15-19-11-7-10-18(12-19)14-20-13-17-8-5-4-6-9-17/h4-12,16,20H,13-15H2,1-3H3. The van der Waals surface area contributed by atoms with Crippen LogP contribution in [0, 0.1) is 0 Å². The third-order valence-electron chi connectivity index (χ3n) is 3.81. The van der Waals surface area contributed by atoms with E-state index < -0.39 is 0 Å². The molecular formula is C19H26N2. The molecule has 2 nitrogen and oxygen atoms in total. The van der Waals surface area contributed by atoms with Gasteiger partial charge < -0.3 is 5.32 Å². The lowest BCUT2D eigenvalue weighted by Gasteiger charge is -2.21. The van der Waals surface area contributed by atoms with E-state index in [1.165, 1.54) is 16.7 Å². The second kappa shape index (κ2) is 7.96. The van der Waals surface area contributed by atoms with Gasteiger partial charge in [-0.1, -0.05) is 54.6 Å². The molecule has 0 aliphatic carbocycles. The molecule has 0 amide bonds. The summed E-state index contributed by atoms with van der Waals surface area (Å²) in [6.45, 7) is 7.28. The van der Waals surface area contributed by atoms with Crippen LogP contribution in [0.2, 0.25) is 0 Å². The van der Waals surface area contributed by atoms with Crippen molar-refractivity contribution in [3.05, 3.63) is 71.3 Å². The highest BCUT2D eigenvalue weighted by molar-refractivity contribution is 5.23. The highest BCUT2D eigenvalue weighted by atomic mass is 15.1. The number of nitrogens with one attached hydrogen (secondary N) is 1. The zero-order chi connectivity index (χ0) is 15.1. The fraction of sp³-hybridized carbons (Fsp3) is 0.368. The molecule has 0 unspecified atom stereocenters. The molecule has 1 N–H and O–H groups in total. The van der Waals surface area contributed by atoms with Crippen molar-refractivity contribution < 1.29 is 0 Å². The molecule has 112 valence electrons. The van der Waals surface area contributed by atoms with Crippen LogP contribution in [0.3, 0.4) is 0 Å². The molecule has 2 aromatic carbocycles. The van der Waals surface area contributed by atoms with E-state index in [2.05, 4.69) is 85.7 Å². The minimum atomic E-state index is 0.574. The molecule has 0 aliphatic heterocycles. The van der Waals surface area contributed by atoms with Crippen LogP contribution in [-0.4, -0.2) is 18.0 Å². The first-order valence-electron chi connectivity index (χ1n) is 7.68. The van der Waals surface area contributed by atoms with E-state index in [4.69, 9.17) is 0 Å². The summed E-state index contributed by atoms with van der Waals surface area (Å²) in [5.41, 5.74) is 4.05. The zero-order valence-electron chi connectivity index (χ0n) is 13.3. The van der Waals surface area contributed by atoms with E-state index in [0.29, 0.717) is 6.04 Å². The van der Waals surface area contributed by atoms with E-state index in [9.17, 15) is 0 Å². The van der Waals surface area contributed by atoms with Crippen LogP contribution in [0.15, 0.2) is 54.6 Å². The van der Waals surface area contributed by atoms with Crippen molar-refractivity contribution in [2.75, 3.05) is 7.05 Å². The van der Waals surface area contributed by atoms with Crippen LogP contribution in [-0.2, 0) is 19.6 Å². The topological polar surface area (TPSA) is 15.3 Å². The molecule has 0 saturated heterocycles. The molecule has 0 aliphatic rings. The largest absolute Gasteiger partial charge is 0.309 e. The average Bonchev–Trinajstić information content (AvgIpc) is 2.48. The Labute approximate surface area is 128 Å². The Morgan fingerprint density at radius 3 is 2.19 bits per heavy atom. The van der Waals surface area contributed by atoms with Crippen molar-refractivity contribution >= 4 is 0 Å². The van der Waals surface area contributed by atoms with E-state index in [-0.39, 0.29) is 0 Å². The van der Waals surface area contributed by atoms with Crippen molar-refractivity contribution in [1.82, 2.24) is 10.2 Å². The highest BCUT2D eigenvalue weighted by Crippen LogP contribution is 2.09. The van der Waals surface area contributed by atoms with Crippen LogP contribution >= 0.6 is 0 Å². The van der Waals surface area contributed by atoms with Crippen molar-refractivity contribution in [3.8, 4) is 0 Å². The molecule has 0 fully saturated rings. The Balaban J connectivity index is 1.86. The summed E-state index contributed by atoms with van der Waals surface area (Å²) >= 11 is 0. The molecule has 0 bridgehead atoms. The number of hydrogen-bond acceptors (Lipinski definition) is 2. The van der Waals surface area contributed by atoms with Crippen molar-refractivity contribution in [1.29, 1.82) is 0 Å². The van der Waals surface area contributed by atoms with E-state index in [1.54, 1.807) is 0 Å². The number of benzene rings is 2. The summed E-state index contributed by atoms with van der Waals surface area (Å²) < 4.78 is 0. The molecule has 0 atom stereocenters. The third-order valence-corrected chi connectivity index (χ3v) is 3.81. The smallest absolute Gasteiger partial charge is 0.0233 e. The lowest BCUT2D eigenvalue weighted by Crippen LogP contribution is -2.25. The van der Waals surface area contributed by atoms with E-state index in [1.807, 2.05) is 0 Å². The van der Waals surface area contributed by atoms with Gasteiger partial charge in [0.2, 0.25) is 0 Å². The normalized spacial score (nSPS) is 11.3. The highest BCUT2D eigenvalue weighted by Gasteiger charge is 2.04. The van der Waals surface area contributed by atoms with Gasteiger partial charge in [-0.25, -0.2) is 0 Å². The van der Waals surface area contributed by atoms with Crippen molar-refractivity contribution in [2.24, 2.45) is 0 Å². The van der Waals surface area contributed by atoms with Gasteiger partial charge in [0.15, 0.2) is 0 Å². The summed E-state index contributed by atoms with van der Waals surface area (Å²) in [5, 5.41) is 3.51. The molecule has 0 radical (unpaired) electrons. The number of hydrogen-bond donors (Lipinski definition) is 1. The molecule has 0 aromatic heterocycles. The Morgan fingerprint density at radius 2 is 1.48 bits per heavy atom. The maximum Gasteiger partial charge on any atom is 0.0233 e. The van der Waals surface area contributed by atoms with Gasteiger partial charge in [0.25, 0.3) is 0 Å². The Kier molecular flexibility index (Phi) is 5.97. The third kappa shape index (κ3) is 5.33. The van der Waals surface area contributed by atoms with Crippen LogP contribution in [0.5, 0.6) is 0 Å². The van der Waals surface area contributed by atoms with E-state index in [0.717, 1.165) is 19.6 Å². The summed E-state index contributed by atoms with van der Waals surface area (Å²) in [5.74, 6) is 0. The van der Waals surface area contributed by atoms with Gasteiger partial charge in [0, 0.05) is 25.7 Å². The van der Waals surface area contributed by atoms with Crippen LogP contribution < -0.4 is 5.32 Å². The average molecular weight is 282 g/mol. The van der Waals surface area contributed by atoms with Crippen LogP contribution in [0.1, 0.15) is 30.5 Å². The molecule has 2 rings (SSSR count). The number of rotatable bonds is 7. The SMILES string of the molecule is CC(C)N(C)Cc1cccc(CNCc2ccccc2)c1. The van der Waals surface area contributed by atoms with Gasteiger partial charge in [-0.05, 0) is 37.6 Å². The second-order valence-electron chi connectivity index (χ2n) is 5.92. The van der Waals surface area contributed by atoms with Gasteiger partial charge in [0.1, 0.15) is 0 Å². The van der Waals surface area contributed by atoms with Gasteiger partial charge in [-0.3, -0.25) is 4.90 Å². The maximum atomic E-state index is 3.51. The van der Waals surface area contributed by atoms with E-state index >= 15 is 0 Å². The van der Waals surface area contributed by atoms with Gasteiger partial charge in [-0.15, -0.1) is 0 Å². The molecule has 0 heterocycles. The van der Waals surface area contributed by atoms with Crippen LogP contribution in [0.25, 0.3) is 0 Å². The van der Waals surface area contributed by atoms with Crippen molar-refractivity contribution in [3.63, 3.8) is 0 Å². The summed E-state index contributed by atoms with van der Waals surface area (Å²) in [7, 11) is 2.17. The molecule has 21 heavy (non-hydrogen) atoms.